The highest BCUT2D eigenvalue weighted by Gasteiger charge is 2.36. The van der Waals surface area contributed by atoms with Gasteiger partial charge in [-0.05, 0) is 37.1 Å². The van der Waals surface area contributed by atoms with Crippen molar-refractivity contribution in [3.63, 3.8) is 0 Å². The summed E-state index contributed by atoms with van der Waals surface area (Å²) in [6.45, 7) is 0.431. The van der Waals surface area contributed by atoms with Gasteiger partial charge in [-0.2, -0.15) is 4.98 Å². The van der Waals surface area contributed by atoms with Crippen LogP contribution >= 0.6 is 24.0 Å². The van der Waals surface area contributed by atoms with Crippen molar-refractivity contribution in [2.45, 2.75) is 37.6 Å². The second-order valence-electron chi connectivity index (χ2n) is 5.89. The summed E-state index contributed by atoms with van der Waals surface area (Å²) < 4.78 is 5.21. The SMILES string of the molecule is Cl.NC1(C(=O)NCCc2nc(-c3ccc(Cl)cc3)no2)CCCC1. The molecule has 1 aromatic carbocycles. The molecule has 2 aromatic rings. The van der Waals surface area contributed by atoms with Crippen LogP contribution in [0.15, 0.2) is 28.8 Å². The number of nitrogens with one attached hydrogen (secondary N) is 1. The van der Waals surface area contributed by atoms with Crippen LogP contribution in [0, 0.1) is 0 Å². The molecular formula is C16H20Cl2N4O2. The highest BCUT2D eigenvalue weighted by Crippen LogP contribution is 2.27. The molecule has 0 saturated heterocycles. The van der Waals surface area contributed by atoms with Gasteiger partial charge in [0.1, 0.15) is 0 Å². The van der Waals surface area contributed by atoms with Crippen LogP contribution in [0.1, 0.15) is 31.6 Å². The Bertz CT molecular complexity index is 682. The molecule has 130 valence electrons. The molecule has 0 bridgehead atoms. The zero-order valence-corrected chi connectivity index (χ0v) is 14.7. The number of hydrogen-bond donors (Lipinski definition) is 2. The van der Waals surface area contributed by atoms with Gasteiger partial charge >= 0.3 is 0 Å². The number of nitrogens with two attached hydrogens (primary N) is 1. The van der Waals surface area contributed by atoms with E-state index in [1.54, 1.807) is 12.1 Å². The number of aromatic nitrogens is 2. The molecule has 3 rings (SSSR count). The van der Waals surface area contributed by atoms with Crippen LogP contribution in [0.25, 0.3) is 11.4 Å². The molecule has 0 unspecified atom stereocenters. The third-order valence-corrected chi connectivity index (χ3v) is 4.39. The number of nitrogens with zero attached hydrogens (tertiary/aromatic N) is 2. The van der Waals surface area contributed by atoms with Crippen LogP contribution in [0.3, 0.4) is 0 Å². The monoisotopic (exact) mass is 370 g/mol. The van der Waals surface area contributed by atoms with Crippen molar-refractivity contribution in [1.82, 2.24) is 15.5 Å². The highest BCUT2D eigenvalue weighted by molar-refractivity contribution is 6.30. The molecule has 8 heteroatoms. The van der Waals surface area contributed by atoms with Gasteiger partial charge in [-0.1, -0.05) is 29.6 Å². The largest absolute Gasteiger partial charge is 0.354 e. The Labute approximate surface area is 151 Å². The lowest BCUT2D eigenvalue weighted by Gasteiger charge is -2.21. The first-order chi connectivity index (χ1) is 11.1. The van der Waals surface area contributed by atoms with Gasteiger partial charge in [0, 0.05) is 23.6 Å². The molecule has 1 aromatic heterocycles. The minimum Gasteiger partial charge on any atom is -0.354 e. The lowest BCUT2D eigenvalue weighted by molar-refractivity contribution is -0.126. The van der Waals surface area contributed by atoms with Gasteiger partial charge in [-0.25, -0.2) is 0 Å². The van der Waals surface area contributed by atoms with Gasteiger partial charge in [-0.3, -0.25) is 4.79 Å². The molecule has 0 atom stereocenters. The Morgan fingerprint density at radius 3 is 2.62 bits per heavy atom. The second kappa shape index (κ2) is 7.96. The predicted molar refractivity (Wildman–Crippen MR) is 94.1 cm³/mol. The number of benzene rings is 1. The molecule has 1 aliphatic carbocycles. The fourth-order valence-electron chi connectivity index (χ4n) is 2.76. The minimum atomic E-state index is -0.705. The topological polar surface area (TPSA) is 94.0 Å². The Balaban J connectivity index is 0.00000208. The van der Waals surface area contributed by atoms with E-state index >= 15 is 0 Å². The fraction of sp³-hybridized carbons (Fsp3) is 0.438. The standard InChI is InChI=1S/C16H19ClN4O2.ClH/c17-12-5-3-11(4-6-12)14-20-13(23-21-14)7-10-19-15(22)16(18)8-1-2-9-16;/h3-6H,1-2,7-10,18H2,(H,19,22);1H. The van der Waals surface area contributed by atoms with E-state index in [2.05, 4.69) is 15.5 Å². The van der Waals surface area contributed by atoms with E-state index in [0.29, 0.717) is 29.7 Å². The average molecular weight is 371 g/mol. The zero-order valence-electron chi connectivity index (χ0n) is 13.1. The Morgan fingerprint density at radius 2 is 1.96 bits per heavy atom. The fourth-order valence-corrected chi connectivity index (χ4v) is 2.89. The normalized spacial score (nSPS) is 15.8. The van der Waals surface area contributed by atoms with Crippen LogP contribution in [0.4, 0.5) is 0 Å². The summed E-state index contributed by atoms with van der Waals surface area (Å²) in [6.07, 6.45) is 4.00. The Kier molecular flexibility index (Phi) is 6.21. The summed E-state index contributed by atoms with van der Waals surface area (Å²) in [5.41, 5.74) is 6.23. The van der Waals surface area contributed by atoms with Crippen molar-refractivity contribution < 1.29 is 9.32 Å². The third kappa shape index (κ3) is 4.26. The van der Waals surface area contributed by atoms with Gasteiger partial charge < -0.3 is 15.6 Å². The summed E-state index contributed by atoms with van der Waals surface area (Å²) in [4.78, 5) is 16.4. The van der Waals surface area contributed by atoms with Crippen molar-refractivity contribution in [3.8, 4) is 11.4 Å². The van der Waals surface area contributed by atoms with Crippen molar-refractivity contribution >= 4 is 29.9 Å². The quantitative estimate of drug-likeness (QED) is 0.843. The van der Waals surface area contributed by atoms with Gasteiger partial charge in [0.15, 0.2) is 0 Å². The first-order valence-corrected chi connectivity index (χ1v) is 8.10. The van der Waals surface area contributed by atoms with Crippen LogP contribution in [0.5, 0.6) is 0 Å². The summed E-state index contributed by atoms with van der Waals surface area (Å²) >= 11 is 5.85. The number of halogens is 2. The third-order valence-electron chi connectivity index (χ3n) is 4.14. The van der Waals surface area contributed by atoms with E-state index in [1.807, 2.05) is 12.1 Å². The molecule has 1 amide bonds. The smallest absolute Gasteiger partial charge is 0.240 e. The van der Waals surface area contributed by atoms with Crippen LogP contribution in [0.2, 0.25) is 5.02 Å². The van der Waals surface area contributed by atoms with Gasteiger partial charge in [0.05, 0.1) is 5.54 Å². The van der Waals surface area contributed by atoms with E-state index in [4.69, 9.17) is 21.9 Å². The molecular weight excluding hydrogens is 351 g/mol. The first-order valence-electron chi connectivity index (χ1n) is 7.72. The molecule has 1 aliphatic rings. The second-order valence-corrected chi connectivity index (χ2v) is 6.32. The van der Waals surface area contributed by atoms with Crippen LogP contribution in [-0.4, -0.2) is 28.1 Å². The maximum absolute atomic E-state index is 12.1. The first kappa shape index (κ1) is 18.7. The average Bonchev–Trinajstić information content (AvgIpc) is 3.18. The molecule has 1 saturated carbocycles. The van der Waals surface area contributed by atoms with Crippen molar-refractivity contribution in [2.75, 3.05) is 6.54 Å². The van der Waals surface area contributed by atoms with Gasteiger partial charge in [0.25, 0.3) is 0 Å². The number of hydrogen-bond acceptors (Lipinski definition) is 5. The summed E-state index contributed by atoms with van der Waals surface area (Å²) in [5, 5.41) is 7.45. The Hall–Kier alpha value is -1.63. The van der Waals surface area contributed by atoms with E-state index in [0.717, 1.165) is 31.2 Å². The Morgan fingerprint density at radius 1 is 1.29 bits per heavy atom. The lowest BCUT2D eigenvalue weighted by atomic mass is 9.98. The molecule has 1 heterocycles. The predicted octanol–water partition coefficient (Wildman–Crippen LogP) is 2.74. The summed E-state index contributed by atoms with van der Waals surface area (Å²) in [6, 6.07) is 7.21. The maximum atomic E-state index is 12.1. The molecule has 24 heavy (non-hydrogen) atoms. The number of carbonyl (C=O) groups is 1. The lowest BCUT2D eigenvalue weighted by Crippen LogP contribution is -2.52. The van der Waals surface area contributed by atoms with Crippen LogP contribution < -0.4 is 11.1 Å². The van der Waals surface area contributed by atoms with Gasteiger partial charge in [-0.15, -0.1) is 12.4 Å². The highest BCUT2D eigenvalue weighted by atomic mass is 35.5. The van der Waals surface area contributed by atoms with Crippen molar-refractivity contribution in [3.05, 3.63) is 35.2 Å². The van der Waals surface area contributed by atoms with Crippen LogP contribution in [-0.2, 0) is 11.2 Å². The molecule has 0 radical (unpaired) electrons. The van der Waals surface area contributed by atoms with Crippen molar-refractivity contribution in [2.24, 2.45) is 5.73 Å². The summed E-state index contributed by atoms with van der Waals surface area (Å²) in [7, 11) is 0. The van der Waals surface area contributed by atoms with E-state index in [-0.39, 0.29) is 18.3 Å². The molecule has 6 nitrogen and oxygen atoms in total. The molecule has 0 spiro atoms. The molecule has 1 fully saturated rings. The van der Waals surface area contributed by atoms with Crippen molar-refractivity contribution in [1.29, 1.82) is 0 Å². The molecule has 0 aliphatic heterocycles. The minimum absolute atomic E-state index is 0. The number of rotatable bonds is 5. The maximum Gasteiger partial charge on any atom is 0.240 e. The van der Waals surface area contributed by atoms with E-state index < -0.39 is 5.54 Å². The number of carbonyl (C=O) groups excluding carboxylic acids is 1. The number of amides is 1. The zero-order chi connectivity index (χ0) is 16.3. The van der Waals surface area contributed by atoms with E-state index in [1.165, 1.54) is 0 Å². The molecule has 3 N–H and O–H groups in total. The summed E-state index contributed by atoms with van der Waals surface area (Å²) in [5.74, 6) is 0.897. The van der Waals surface area contributed by atoms with E-state index in [9.17, 15) is 4.79 Å². The van der Waals surface area contributed by atoms with Gasteiger partial charge in [0.2, 0.25) is 17.6 Å².